The van der Waals surface area contributed by atoms with E-state index in [1.165, 1.54) is 21.3 Å². The van der Waals surface area contributed by atoms with Gasteiger partial charge in [0.25, 0.3) is 0 Å². The van der Waals surface area contributed by atoms with E-state index in [2.05, 4.69) is 53.1 Å². The van der Waals surface area contributed by atoms with Crippen LogP contribution in [0.5, 0.6) is 0 Å². The lowest BCUT2D eigenvalue weighted by Crippen LogP contribution is -2.25. The average molecular weight is 285 g/mol. The van der Waals surface area contributed by atoms with E-state index in [0.29, 0.717) is 6.04 Å². The first-order valence-corrected chi connectivity index (χ1v) is 7.84. The molecule has 2 aromatic heterocycles. The molecule has 0 aliphatic heterocycles. The topological polar surface area (TPSA) is 29.9 Å². The average Bonchev–Trinajstić information content (AvgIpc) is 3.05. The summed E-state index contributed by atoms with van der Waals surface area (Å²) in [6.45, 7) is 3.10. The number of likely N-dealkylation sites (N-methyl/N-ethyl adjacent to an activating group) is 1. The largest absolute Gasteiger partial charge is 0.309 e. The monoisotopic (exact) mass is 285 g/mol. The Morgan fingerprint density at radius 2 is 2.15 bits per heavy atom. The lowest BCUT2D eigenvalue weighted by molar-refractivity contribution is 0.509. The summed E-state index contributed by atoms with van der Waals surface area (Å²) in [5.41, 5.74) is 2.65. The summed E-state index contributed by atoms with van der Waals surface area (Å²) in [5, 5.41) is 11.5. The van der Waals surface area contributed by atoms with Crippen LogP contribution in [0.2, 0.25) is 0 Å². The third-order valence-electron chi connectivity index (χ3n) is 3.65. The van der Waals surface area contributed by atoms with Crippen molar-refractivity contribution in [2.24, 2.45) is 7.05 Å². The lowest BCUT2D eigenvalue weighted by Gasteiger charge is -2.18. The van der Waals surface area contributed by atoms with Crippen LogP contribution in [-0.4, -0.2) is 16.3 Å². The zero-order valence-electron chi connectivity index (χ0n) is 11.8. The number of rotatable bonds is 5. The van der Waals surface area contributed by atoms with E-state index < -0.39 is 0 Å². The van der Waals surface area contributed by atoms with Crippen molar-refractivity contribution in [3.63, 3.8) is 0 Å². The summed E-state index contributed by atoms with van der Waals surface area (Å²) in [5.74, 6) is 0. The number of hydrogen-bond acceptors (Lipinski definition) is 3. The number of fused-ring (bicyclic) bond motifs is 1. The SMILES string of the molecule is CCNC(Cc1csc2ccccc12)c1ccnn1C. The molecule has 1 N–H and O–H groups in total. The Morgan fingerprint density at radius 1 is 1.30 bits per heavy atom. The van der Waals surface area contributed by atoms with Gasteiger partial charge in [-0.3, -0.25) is 4.68 Å². The van der Waals surface area contributed by atoms with E-state index in [1.54, 1.807) is 0 Å². The van der Waals surface area contributed by atoms with Crippen molar-refractivity contribution >= 4 is 21.4 Å². The highest BCUT2D eigenvalue weighted by atomic mass is 32.1. The van der Waals surface area contributed by atoms with Crippen molar-refractivity contribution in [2.75, 3.05) is 6.54 Å². The molecule has 0 bridgehead atoms. The number of nitrogens with zero attached hydrogens (tertiary/aromatic N) is 2. The maximum atomic E-state index is 4.29. The second-order valence-corrected chi connectivity index (χ2v) is 5.86. The first kappa shape index (κ1) is 13.3. The minimum Gasteiger partial charge on any atom is -0.309 e. The van der Waals surface area contributed by atoms with Gasteiger partial charge in [-0.25, -0.2) is 0 Å². The molecule has 0 radical (unpaired) electrons. The third kappa shape index (κ3) is 2.49. The molecule has 0 saturated carbocycles. The first-order chi connectivity index (χ1) is 9.79. The number of hydrogen-bond donors (Lipinski definition) is 1. The summed E-state index contributed by atoms with van der Waals surface area (Å²) in [6, 6.07) is 11.0. The fourth-order valence-electron chi connectivity index (χ4n) is 2.66. The summed E-state index contributed by atoms with van der Waals surface area (Å²) >= 11 is 1.83. The van der Waals surface area contributed by atoms with Crippen LogP contribution < -0.4 is 5.32 Å². The Hall–Kier alpha value is -1.65. The molecule has 3 nitrogen and oxygen atoms in total. The van der Waals surface area contributed by atoms with Crippen LogP contribution in [0.1, 0.15) is 24.2 Å². The van der Waals surface area contributed by atoms with E-state index in [4.69, 9.17) is 0 Å². The molecule has 4 heteroatoms. The molecular weight excluding hydrogens is 266 g/mol. The van der Waals surface area contributed by atoms with Crippen molar-refractivity contribution in [1.29, 1.82) is 0 Å². The fourth-order valence-corrected chi connectivity index (χ4v) is 3.64. The minimum atomic E-state index is 0.311. The van der Waals surface area contributed by atoms with Gasteiger partial charge < -0.3 is 5.32 Å². The maximum Gasteiger partial charge on any atom is 0.0553 e. The van der Waals surface area contributed by atoms with Gasteiger partial charge in [0.05, 0.1) is 11.7 Å². The van der Waals surface area contributed by atoms with Crippen LogP contribution in [0.15, 0.2) is 41.9 Å². The van der Waals surface area contributed by atoms with Gasteiger partial charge in [0.15, 0.2) is 0 Å². The number of benzene rings is 1. The van der Waals surface area contributed by atoms with Gasteiger partial charge in [-0.15, -0.1) is 11.3 Å². The molecule has 0 spiro atoms. The Balaban J connectivity index is 1.92. The highest BCUT2D eigenvalue weighted by Crippen LogP contribution is 2.29. The molecule has 1 atom stereocenters. The van der Waals surface area contributed by atoms with Crippen molar-refractivity contribution < 1.29 is 0 Å². The molecule has 0 aliphatic carbocycles. The van der Waals surface area contributed by atoms with Gasteiger partial charge >= 0.3 is 0 Å². The van der Waals surface area contributed by atoms with Gasteiger partial charge in [-0.1, -0.05) is 25.1 Å². The van der Waals surface area contributed by atoms with Crippen LogP contribution in [0, 0.1) is 0 Å². The predicted molar refractivity (Wildman–Crippen MR) is 85.2 cm³/mol. The van der Waals surface area contributed by atoms with E-state index in [0.717, 1.165) is 13.0 Å². The van der Waals surface area contributed by atoms with Gasteiger partial charge in [-0.2, -0.15) is 5.10 Å². The number of aromatic nitrogens is 2. The summed E-state index contributed by atoms with van der Waals surface area (Å²) in [7, 11) is 2.01. The second-order valence-electron chi connectivity index (χ2n) is 4.95. The Labute approximate surface area is 123 Å². The second kappa shape index (κ2) is 5.77. The van der Waals surface area contributed by atoms with E-state index in [1.807, 2.05) is 29.3 Å². The zero-order chi connectivity index (χ0) is 13.9. The smallest absolute Gasteiger partial charge is 0.0553 e. The van der Waals surface area contributed by atoms with Crippen molar-refractivity contribution in [2.45, 2.75) is 19.4 Å². The lowest BCUT2D eigenvalue weighted by atomic mass is 10.0. The highest BCUT2D eigenvalue weighted by Gasteiger charge is 2.16. The van der Waals surface area contributed by atoms with Crippen LogP contribution in [0.4, 0.5) is 0 Å². The fraction of sp³-hybridized carbons (Fsp3) is 0.312. The molecule has 0 amide bonds. The van der Waals surface area contributed by atoms with Gasteiger partial charge in [0.1, 0.15) is 0 Å². The molecule has 1 aromatic carbocycles. The van der Waals surface area contributed by atoms with Crippen molar-refractivity contribution in [1.82, 2.24) is 15.1 Å². The normalized spacial score (nSPS) is 12.9. The molecule has 1 unspecified atom stereocenters. The van der Waals surface area contributed by atoms with Gasteiger partial charge in [0, 0.05) is 17.9 Å². The molecule has 3 aromatic rings. The molecule has 0 saturated heterocycles. The Morgan fingerprint density at radius 3 is 2.90 bits per heavy atom. The number of nitrogens with one attached hydrogen (secondary N) is 1. The third-order valence-corrected chi connectivity index (χ3v) is 4.66. The Kier molecular flexibility index (Phi) is 3.85. The maximum absolute atomic E-state index is 4.29. The summed E-state index contributed by atoms with van der Waals surface area (Å²) in [6.07, 6.45) is 2.86. The summed E-state index contributed by atoms with van der Waals surface area (Å²) < 4.78 is 3.32. The molecule has 3 rings (SSSR count). The number of aryl methyl sites for hydroxylation is 1. The zero-order valence-corrected chi connectivity index (χ0v) is 12.7. The predicted octanol–water partition coefficient (Wildman–Crippen LogP) is 3.53. The van der Waals surface area contributed by atoms with Crippen molar-refractivity contribution in [3.8, 4) is 0 Å². The Bertz CT molecular complexity index is 698. The standard InChI is InChI=1S/C16H19N3S/c1-3-17-14(15-8-9-18-19(15)2)10-12-11-20-16-7-5-4-6-13(12)16/h4-9,11,14,17H,3,10H2,1-2H3. The van der Waals surface area contributed by atoms with E-state index in [9.17, 15) is 0 Å². The van der Waals surface area contributed by atoms with Crippen molar-refractivity contribution in [3.05, 3.63) is 53.2 Å². The summed E-state index contributed by atoms with van der Waals surface area (Å²) in [4.78, 5) is 0. The van der Waals surface area contributed by atoms with Crippen LogP contribution in [-0.2, 0) is 13.5 Å². The van der Waals surface area contributed by atoms with Crippen LogP contribution >= 0.6 is 11.3 Å². The van der Waals surface area contributed by atoms with Gasteiger partial charge in [-0.05, 0) is 41.4 Å². The van der Waals surface area contributed by atoms with E-state index in [-0.39, 0.29) is 0 Å². The minimum absolute atomic E-state index is 0.311. The van der Waals surface area contributed by atoms with Crippen LogP contribution in [0.3, 0.4) is 0 Å². The molecule has 104 valence electrons. The number of thiophene rings is 1. The quantitative estimate of drug-likeness (QED) is 0.777. The molecule has 20 heavy (non-hydrogen) atoms. The highest BCUT2D eigenvalue weighted by molar-refractivity contribution is 7.17. The van der Waals surface area contributed by atoms with Crippen LogP contribution in [0.25, 0.3) is 10.1 Å². The molecule has 0 aliphatic rings. The molecule has 0 fully saturated rings. The van der Waals surface area contributed by atoms with E-state index >= 15 is 0 Å². The first-order valence-electron chi connectivity index (χ1n) is 6.96. The molecule has 2 heterocycles. The molecular formula is C16H19N3S. The van der Waals surface area contributed by atoms with Gasteiger partial charge in [0.2, 0.25) is 0 Å².